The Bertz CT molecular complexity index is 883. The Morgan fingerprint density at radius 3 is 1.79 bits per heavy atom. The number of benzene rings is 1. The van der Waals surface area contributed by atoms with Gasteiger partial charge in [-0.3, -0.25) is 4.79 Å². The molecule has 0 saturated carbocycles. The van der Waals surface area contributed by atoms with E-state index in [0.29, 0.717) is 18.1 Å². The first-order valence-electron chi connectivity index (χ1n) is 12.2. The molecular formula is C30H44O4. The van der Waals surface area contributed by atoms with E-state index >= 15 is 0 Å². The molecule has 0 N–H and O–H groups in total. The molecule has 0 radical (unpaired) electrons. The zero-order chi connectivity index (χ0) is 25.3. The van der Waals surface area contributed by atoms with Crippen molar-refractivity contribution < 1.29 is 19.0 Å². The zero-order valence-corrected chi connectivity index (χ0v) is 22.3. The van der Waals surface area contributed by atoms with Gasteiger partial charge in [0.15, 0.2) is 11.5 Å². The number of hydrogen-bond acceptors (Lipinski definition) is 4. The second kappa shape index (κ2) is 16.8. The van der Waals surface area contributed by atoms with Gasteiger partial charge >= 0.3 is 5.97 Å². The van der Waals surface area contributed by atoms with Crippen molar-refractivity contribution in [2.75, 3.05) is 20.8 Å². The first-order chi connectivity index (χ1) is 16.2. The fraction of sp³-hybridized carbons (Fsp3) is 0.500. The van der Waals surface area contributed by atoms with E-state index in [1.807, 2.05) is 12.1 Å². The van der Waals surface area contributed by atoms with Gasteiger partial charge in [-0.1, -0.05) is 46.6 Å². The summed E-state index contributed by atoms with van der Waals surface area (Å²) >= 11 is 0. The maximum Gasteiger partial charge on any atom is 0.310 e. The van der Waals surface area contributed by atoms with E-state index in [1.54, 1.807) is 26.4 Å². The van der Waals surface area contributed by atoms with E-state index in [9.17, 15) is 4.79 Å². The number of carbonyl (C=O) groups excluding carboxylic acids is 1. The number of hydrogen-bond donors (Lipinski definition) is 0. The van der Waals surface area contributed by atoms with E-state index in [4.69, 9.17) is 14.2 Å². The molecule has 0 atom stereocenters. The molecule has 0 unspecified atom stereocenters. The molecule has 0 aromatic heterocycles. The van der Waals surface area contributed by atoms with Gasteiger partial charge in [0.2, 0.25) is 0 Å². The largest absolute Gasteiger partial charge is 0.493 e. The highest BCUT2D eigenvalue weighted by molar-refractivity contribution is 5.73. The molecule has 34 heavy (non-hydrogen) atoms. The number of methoxy groups -OCH3 is 2. The topological polar surface area (TPSA) is 44.8 Å². The Morgan fingerprint density at radius 1 is 0.735 bits per heavy atom. The molecule has 4 heteroatoms. The van der Waals surface area contributed by atoms with E-state index in [1.165, 1.54) is 22.3 Å². The minimum Gasteiger partial charge on any atom is -0.493 e. The number of ether oxygens (including phenoxy) is 3. The maximum absolute atomic E-state index is 12.1. The van der Waals surface area contributed by atoms with Crippen LogP contribution in [0.5, 0.6) is 11.5 Å². The Morgan fingerprint density at radius 2 is 1.26 bits per heavy atom. The molecule has 188 valence electrons. The van der Waals surface area contributed by atoms with Gasteiger partial charge in [-0.2, -0.15) is 0 Å². The second-order valence-corrected chi connectivity index (χ2v) is 9.10. The molecule has 0 spiro atoms. The fourth-order valence-electron chi connectivity index (χ4n) is 3.47. The van der Waals surface area contributed by atoms with Gasteiger partial charge in [-0.25, -0.2) is 0 Å². The number of rotatable bonds is 15. The van der Waals surface area contributed by atoms with Gasteiger partial charge in [0.25, 0.3) is 0 Å². The summed E-state index contributed by atoms with van der Waals surface area (Å²) in [6.45, 7) is 11.1. The van der Waals surface area contributed by atoms with Crippen molar-refractivity contribution in [1.29, 1.82) is 0 Å². The average Bonchev–Trinajstić information content (AvgIpc) is 2.78. The van der Waals surface area contributed by atoms with Crippen molar-refractivity contribution in [1.82, 2.24) is 0 Å². The minimum atomic E-state index is -0.254. The van der Waals surface area contributed by atoms with Crippen LogP contribution in [-0.2, 0) is 16.0 Å². The van der Waals surface area contributed by atoms with Crippen LogP contribution in [0.2, 0.25) is 0 Å². The Balaban J connectivity index is 2.32. The number of esters is 1. The van der Waals surface area contributed by atoms with Crippen LogP contribution < -0.4 is 9.47 Å². The molecule has 0 bridgehead atoms. The predicted molar refractivity (Wildman–Crippen MR) is 143 cm³/mol. The van der Waals surface area contributed by atoms with Crippen molar-refractivity contribution in [2.45, 2.75) is 79.6 Å². The summed E-state index contributed by atoms with van der Waals surface area (Å²) in [7, 11) is 3.17. The molecule has 1 rings (SSSR count). The number of carbonyl (C=O) groups is 1. The van der Waals surface area contributed by atoms with Crippen LogP contribution in [0.3, 0.4) is 0 Å². The highest BCUT2D eigenvalue weighted by atomic mass is 16.5. The molecule has 1 aromatic rings. The summed E-state index contributed by atoms with van der Waals surface area (Å²) in [5.74, 6) is 0.998. The second-order valence-electron chi connectivity index (χ2n) is 9.10. The quantitative estimate of drug-likeness (QED) is 0.194. The Labute approximate surface area is 207 Å². The molecule has 0 amide bonds. The van der Waals surface area contributed by atoms with Gasteiger partial charge in [-0.05, 0) is 96.9 Å². The first kappa shape index (κ1) is 29.3. The lowest BCUT2D eigenvalue weighted by Crippen LogP contribution is -2.08. The lowest BCUT2D eigenvalue weighted by Gasteiger charge is -2.09. The monoisotopic (exact) mass is 468 g/mol. The van der Waals surface area contributed by atoms with Crippen molar-refractivity contribution in [3.8, 4) is 11.5 Å². The van der Waals surface area contributed by atoms with Gasteiger partial charge < -0.3 is 14.2 Å². The maximum atomic E-state index is 12.1. The third kappa shape index (κ3) is 13.1. The van der Waals surface area contributed by atoms with E-state index < -0.39 is 0 Å². The molecular weight excluding hydrogens is 424 g/mol. The van der Waals surface area contributed by atoms with Crippen LogP contribution in [0.1, 0.15) is 78.7 Å². The van der Waals surface area contributed by atoms with Gasteiger partial charge in [0.05, 0.1) is 20.6 Å². The van der Waals surface area contributed by atoms with E-state index in [-0.39, 0.29) is 12.4 Å². The third-order valence-corrected chi connectivity index (χ3v) is 5.63. The smallest absolute Gasteiger partial charge is 0.310 e. The molecule has 0 aliphatic rings. The number of allylic oxidation sites excluding steroid dienone is 7. The lowest BCUT2D eigenvalue weighted by molar-refractivity contribution is -0.141. The normalized spacial score (nSPS) is 12.4. The van der Waals surface area contributed by atoms with Crippen molar-refractivity contribution in [3.05, 3.63) is 70.4 Å². The predicted octanol–water partition coefficient (Wildman–Crippen LogP) is 7.94. The summed E-state index contributed by atoms with van der Waals surface area (Å²) in [5, 5.41) is 0. The van der Waals surface area contributed by atoms with Gasteiger partial charge in [0.1, 0.15) is 6.61 Å². The molecule has 0 saturated heterocycles. The van der Waals surface area contributed by atoms with Crippen LogP contribution in [0.4, 0.5) is 0 Å². The van der Waals surface area contributed by atoms with Crippen LogP contribution in [0.15, 0.2) is 64.8 Å². The molecule has 0 aliphatic carbocycles. The lowest BCUT2D eigenvalue weighted by atomic mass is 10.0. The van der Waals surface area contributed by atoms with Crippen molar-refractivity contribution in [2.24, 2.45) is 0 Å². The molecule has 0 fully saturated rings. The third-order valence-electron chi connectivity index (χ3n) is 5.63. The summed E-state index contributed by atoms with van der Waals surface area (Å²) in [6.07, 6.45) is 15.7. The van der Waals surface area contributed by atoms with E-state index in [2.05, 4.69) is 52.8 Å². The van der Waals surface area contributed by atoms with Crippen molar-refractivity contribution >= 4 is 5.97 Å². The standard InChI is InChI=1S/C30H44O4/c1-23(2)11-8-12-24(3)13-9-14-25(4)15-10-16-26(5)19-20-34-30(31)22-27-17-18-28(32-6)29(21-27)33-7/h11,13,15,17-19,21H,8-10,12,14,16,20,22H2,1-7H3/b24-13+,25-15+,26-19+. The Kier molecular flexibility index (Phi) is 14.5. The highest BCUT2D eigenvalue weighted by Gasteiger charge is 2.09. The minimum absolute atomic E-state index is 0.206. The first-order valence-corrected chi connectivity index (χ1v) is 12.2. The highest BCUT2D eigenvalue weighted by Crippen LogP contribution is 2.27. The average molecular weight is 469 g/mol. The van der Waals surface area contributed by atoms with Crippen molar-refractivity contribution in [3.63, 3.8) is 0 Å². The van der Waals surface area contributed by atoms with Gasteiger partial charge in [0, 0.05) is 0 Å². The van der Waals surface area contributed by atoms with Gasteiger partial charge in [-0.15, -0.1) is 0 Å². The Hall–Kier alpha value is -2.75. The molecule has 4 nitrogen and oxygen atoms in total. The fourth-order valence-corrected chi connectivity index (χ4v) is 3.47. The summed E-state index contributed by atoms with van der Waals surface area (Å²) in [4.78, 5) is 12.1. The summed E-state index contributed by atoms with van der Waals surface area (Å²) in [6, 6.07) is 5.45. The zero-order valence-electron chi connectivity index (χ0n) is 22.3. The van der Waals surface area contributed by atoms with Crippen LogP contribution in [0.25, 0.3) is 0 Å². The van der Waals surface area contributed by atoms with Crippen LogP contribution >= 0.6 is 0 Å². The molecule has 0 heterocycles. The molecule has 1 aromatic carbocycles. The molecule has 0 aliphatic heterocycles. The van der Waals surface area contributed by atoms with Crippen LogP contribution in [0, 0.1) is 0 Å². The van der Waals surface area contributed by atoms with E-state index in [0.717, 1.165) is 44.1 Å². The summed E-state index contributed by atoms with van der Waals surface area (Å²) in [5.41, 5.74) is 6.37. The summed E-state index contributed by atoms with van der Waals surface area (Å²) < 4.78 is 15.9. The van der Waals surface area contributed by atoms with Crippen LogP contribution in [-0.4, -0.2) is 26.8 Å². The SMILES string of the molecule is COc1ccc(CC(=O)OC/C=C(\C)CC/C=C(\C)CC/C=C(\C)CCC=C(C)C)cc1OC.